The number of aryl methyl sites for hydroxylation is 1. The zero-order chi connectivity index (χ0) is 10.7. The third kappa shape index (κ3) is 2.70. The molecule has 0 heterocycles. The van der Waals surface area contributed by atoms with Crippen LogP contribution < -0.4 is 5.32 Å². The van der Waals surface area contributed by atoms with Crippen LogP contribution in [0.1, 0.15) is 12.5 Å². The van der Waals surface area contributed by atoms with Crippen LogP contribution in [0, 0.1) is 12.7 Å². The van der Waals surface area contributed by atoms with Crippen molar-refractivity contribution in [1.82, 2.24) is 0 Å². The Hall–Kier alpha value is -1.09. The number of rotatable bonds is 2. The Kier molecular flexibility index (Phi) is 3.47. The number of nitrogens with one attached hydrogen (secondary N) is 1. The molecule has 0 bridgehead atoms. The third-order valence-corrected chi connectivity index (χ3v) is 2.02. The Labute approximate surface area is 87.1 Å². The lowest BCUT2D eigenvalue weighted by Gasteiger charge is -2.09. The van der Waals surface area contributed by atoms with E-state index < -0.39 is 5.38 Å². The molecule has 2 nitrogen and oxygen atoms in total. The number of alkyl halides is 1. The van der Waals surface area contributed by atoms with Crippen LogP contribution in [-0.4, -0.2) is 11.3 Å². The summed E-state index contributed by atoms with van der Waals surface area (Å²) in [5.41, 5.74) is 1.26. The maximum Gasteiger partial charge on any atom is 0.242 e. The molecule has 0 saturated heterocycles. The topological polar surface area (TPSA) is 29.1 Å². The second kappa shape index (κ2) is 4.42. The number of carbonyl (C=O) groups excluding carboxylic acids is 1. The monoisotopic (exact) mass is 215 g/mol. The molecule has 0 fully saturated rings. The van der Waals surface area contributed by atoms with Gasteiger partial charge in [0.2, 0.25) is 5.91 Å². The molecule has 0 spiro atoms. The Morgan fingerprint density at radius 3 is 2.79 bits per heavy atom. The molecular weight excluding hydrogens is 205 g/mol. The molecule has 1 rings (SSSR count). The average Bonchev–Trinajstić information content (AvgIpc) is 2.11. The summed E-state index contributed by atoms with van der Waals surface area (Å²) in [5.74, 6) is -0.714. The Balaban J connectivity index is 2.86. The van der Waals surface area contributed by atoms with E-state index in [2.05, 4.69) is 5.32 Å². The van der Waals surface area contributed by atoms with Crippen LogP contribution in [0.3, 0.4) is 0 Å². The van der Waals surface area contributed by atoms with Crippen molar-refractivity contribution in [3.05, 3.63) is 29.6 Å². The molecule has 1 aromatic rings. The number of hydrogen-bond acceptors (Lipinski definition) is 1. The predicted octanol–water partition coefficient (Wildman–Crippen LogP) is 2.70. The summed E-state index contributed by atoms with van der Waals surface area (Å²) in [6.07, 6.45) is 0. The lowest BCUT2D eigenvalue weighted by Crippen LogP contribution is -2.20. The average molecular weight is 216 g/mol. The first-order valence-electron chi connectivity index (χ1n) is 4.22. The number of hydrogen-bond donors (Lipinski definition) is 1. The zero-order valence-corrected chi connectivity index (χ0v) is 8.73. The summed E-state index contributed by atoms with van der Waals surface area (Å²) in [6.45, 7) is 3.35. The Morgan fingerprint density at radius 2 is 2.21 bits per heavy atom. The molecule has 0 aliphatic heterocycles. The molecule has 4 heteroatoms. The highest BCUT2D eigenvalue weighted by atomic mass is 35.5. The number of carbonyl (C=O) groups is 1. The van der Waals surface area contributed by atoms with Crippen molar-refractivity contribution in [1.29, 1.82) is 0 Å². The van der Waals surface area contributed by atoms with Crippen molar-refractivity contribution in [2.24, 2.45) is 0 Å². The molecule has 1 amide bonds. The zero-order valence-electron chi connectivity index (χ0n) is 7.97. The molecule has 0 aromatic heterocycles. The molecule has 0 saturated carbocycles. The fourth-order valence-corrected chi connectivity index (χ4v) is 1.02. The van der Waals surface area contributed by atoms with Gasteiger partial charge in [0.15, 0.2) is 0 Å². The van der Waals surface area contributed by atoms with E-state index in [0.29, 0.717) is 5.69 Å². The summed E-state index contributed by atoms with van der Waals surface area (Å²) in [4.78, 5) is 11.2. The van der Waals surface area contributed by atoms with Crippen molar-refractivity contribution in [2.75, 3.05) is 5.32 Å². The van der Waals surface area contributed by atoms with E-state index in [0.717, 1.165) is 5.56 Å². The summed E-state index contributed by atoms with van der Waals surface area (Å²) < 4.78 is 12.8. The van der Waals surface area contributed by atoms with E-state index in [4.69, 9.17) is 11.6 Å². The molecule has 76 valence electrons. The van der Waals surface area contributed by atoms with Crippen LogP contribution in [0.2, 0.25) is 0 Å². The lowest BCUT2D eigenvalue weighted by atomic mass is 10.2. The van der Waals surface area contributed by atoms with Crippen LogP contribution in [0.25, 0.3) is 0 Å². The Bertz CT molecular complexity index is 352. The minimum absolute atomic E-state index is 0.333. The quantitative estimate of drug-likeness (QED) is 0.756. The van der Waals surface area contributed by atoms with Crippen molar-refractivity contribution in [3.8, 4) is 0 Å². The largest absolute Gasteiger partial charge is 0.324 e. The van der Waals surface area contributed by atoms with Gasteiger partial charge in [0.25, 0.3) is 0 Å². The van der Waals surface area contributed by atoms with E-state index in [-0.39, 0.29) is 11.7 Å². The maximum absolute atomic E-state index is 12.8. The molecule has 14 heavy (non-hydrogen) atoms. The van der Waals surface area contributed by atoms with Gasteiger partial charge in [-0.15, -0.1) is 11.6 Å². The highest BCUT2D eigenvalue weighted by Crippen LogP contribution is 2.16. The van der Waals surface area contributed by atoms with E-state index in [1.807, 2.05) is 0 Å². The van der Waals surface area contributed by atoms with Gasteiger partial charge in [-0.1, -0.05) is 6.07 Å². The van der Waals surface area contributed by atoms with Crippen LogP contribution in [-0.2, 0) is 4.79 Å². The molecule has 0 aliphatic carbocycles. The first-order chi connectivity index (χ1) is 6.50. The van der Waals surface area contributed by atoms with Gasteiger partial charge in [-0.2, -0.15) is 0 Å². The van der Waals surface area contributed by atoms with E-state index in [9.17, 15) is 9.18 Å². The predicted molar refractivity (Wildman–Crippen MR) is 55.1 cm³/mol. The van der Waals surface area contributed by atoms with Crippen LogP contribution in [0.4, 0.5) is 10.1 Å². The summed E-state index contributed by atoms with van der Waals surface area (Å²) >= 11 is 5.56. The number of benzene rings is 1. The van der Waals surface area contributed by atoms with Crippen molar-refractivity contribution < 1.29 is 9.18 Å². The van der Waals surface area contributed by atoms with Gasteiger partial charge in [-0.3, -0.25) is 4.79 Å². The van der Waals surface area contributed by atoms with Crippen LogP contribution in [0.5, 0.6) is 0 Å². The highest BCUT2D eigenvalue weighted by Gasteiger charge is 2.10. The smallest absolute Gasteiger partial charge is 0.242 e. The number of anilines is 1. The minimum Gasteiger partial charge on any atom is -0.324 e. The van der Waals surface area contributed by atoms with Gasteiger partial charge in [0, 0.05) is 5.69 Å². The highest BCUT2D eigenvalue weighted by molar-refractivity contribution is 6.32. The van der Waals surface area contributed by atoms with Gasteiger partial charge in [-0.05, 0) is 31.5 Å². The summed E-state index contributed by atoms with van der Waals surface area (Å²) in [5, 5.41) is 1.91. The molecule has 1 atom stereocenters. The molecule has 0 radical (unpaired) electrons. The lowest BCUT2D eigenvalue weighted by molar-refractivity contribution is -0.115. The van der Waals surface area contributed by atoms with E-state index in [1.54, 1.807) is 19.9 Å². The molecule has 0 unspecified atom stereocenters. The third-order valence-electron chi connectivity index (χ3n) is 1.82. The second-order valence-electron chi connectivity index (χ2n) is 3.06. The normalized spacial score (nSPS) is 12.3. The van der Waals surface area contributed by atoms with Gasteiger partial charge in [-0.25, -0.2) is 4.39 Å². The Morgan fingerprint density at radius 1 is 1.57 bits per heavy atom. The van der Waals surface area contributed by atoms with Gasteiger partial charge < -0.3 is 5.32 Å². The first kappa shape index (κ1) is 11.0. The summed E-state index contributed by atoms with van der Waals surface area (Å²) in [6, 6.07) is 4.21. The SMILES string of the molecule is Cc1ccc(F)cc1NC(=O)[C@H](C)Cl. The first-order valence-corrected chi connectivity index (χ1v) is 4.65. The second-order valence-corrected chi connectivity index (χ2v) is 3.72. The van der Waals surface area contributed by atoms with Gasteiger partial charge >= 0.3 is 0 Å². The van der Waals surface area contributed by atoms with E-state index >= 15 is 0 Å². The fourth-order valence-electron chi connectivity index (χ4n) is 0.961. The molecule has 0 aliphatic rings. The van der Waals surface area contributed by atoms with Crippen molar-refractivity contribution >= 4 is 23.2 Å². The molecular formula is C10H11ClFNO. The standard InChI is InChI=1S/C10H11ClFNO/c1-6-3-4-8(12)5-9(6)13-10(14)7(2)11/h3-5,7H,1-2H3,(H,13,14)/t7-/m0/s1. The van der Waals surface area contributed by atoms with Crippen molar-refractivity contribution in [2.45, 2.75) is 19.2 Å². The molecule has 1 N–H and O–H groups in total. The minimum atomic E-state index is -0.627. The number of halogens is 2. The van der Waals surface area contributed by atoms with Gasteiger partial charge in [0.1, 0.15) is 11.2 Å². The van der Waals surface area contributed by atoms with Gasteiger partial charge in [0.05, 0.1) is 0 Å². The van der Waals surface area contributed by atoms with E-state index in [1.165, 1.54) is 12.1 Å². The number of amides is 1. The summed E-state index contributed by atoms with van der Waals surface area (Å²) in [7, 11) is 0. The van der Waals surface area contributed by atoms with Crippen molar-refractivity contribution in [3.63, 3.8) is 0 Å². The van der Waals surface area contributed by atoms with Crippen LogP contribution in [0.15, 0.2) is 18.2 Å². The molecule has 1 aromatic carbocycles. The maximum atomic E-state index is 12.8. The van der Waals surface area contributed by atoms with Crippen LogP contribution >= 0.6 is 11.6 Å². The fraction of sp³-hybridized carbons (Fsp3) is 0.300.